The van der Waals surface area contributed by atoms with E-state index in [1.54, 1.807) is 6.20 Å². The predicted molar refractivity (Wildman–Crippen MR) is 64.8 cm³/mol. The van der Waals surface area contributed by atoms with Gasteiger partial charge in [0, 0.05) is 19.2 Å². The first-order valence-corrected chi connectivity index (χ1v) is 5.21. The first kappa shape index (κ1) is 11.5. The van der Waals surface area contributed by atoms with Gasteiger partial charge in [0.05, 0.1) is 18.1 Å². The molecule has 0 saturated carbocycles. The third-order valence-corrected chi connectivity index (χ3v) is 2.66. The Morgan fingerprint density at radius 2 is 2.35 bits per heavy atom. The summed E-state index contributed by atoms with van der Waals surface area (Å²) >= 11 is 5.89. The van der Waals surface area contributed by atoms with Crippen LogP contribution in [0.1, 0.15) is 5.56 Å². The van der Waals surface area contributed by atoms with Gasteiger partial charge >= 0.3 is 0 Å². The Labute approximate surface area is 102 Å². The number of halogens is 1. The Morgan fingerprint density at radius 1 is 1.59 bits per heavy atom. The van der Waals surface area contributed by atoms with Crippen LogP contribution in [0, 0.1) is 0 Å². The Kier molecular flexibility index (Phi) is 3.01. The molecule has 2 heterocycles. The number of nitrogens with one attached hydrogen (secondary N) is 2. The van der Waals surface area contributed by atoms with Gasteiger partial charge in [0.1, 0.15) is 10.8 Å². The lowest BCUT2D eigenvalue weighted by Crippen LogP contribution is -2.21. The maximum Gasteiger partial charge on any atom is 0.287 e. The third-order valence-electron chi connectivity index (χ3n) is 2.30. The van der Waals surface area contributed by atoms with E-state index in [9.17, 15) is 4.79 Å². The van der Waals surface area contributed by atoms with E-state index in [1.165, 1.54) is 17.9 Å². The van der Waals surface area contributed by atoms with E-state index in [4.69, 9.17) is 17.3 Å². The Hall–Kier alpha value is -2.02. The summed E-state index contributed by atoms with van der Waals surface area (Å²) < 4.78 is 1.17. The molecule has 2 aromatic rings. The fraction of sp³-hybridized carbons (Fsp3) is 0.222. The highest BCUT2D eigenvalue weighted by molar-refractivity contribution is 6.32. The topological polar surface area (TPSA) is 102 Å². The van der Waals surface area contributed by atoms with Gasteiger partial charge < -0.3 is 11.1 Å². The molecule has 0 aromatic carbocycles. The van der Waals surface area contributed by atoms with Crippen LogP contribution in [0.5, 0.6) is 0 Å². The molecule has 4 N–H and O–H groups in total. The fourth-order valence-corrected chi connectivity index (χ4v) is 1.52. The molecule has 2 rings (SSSR count). The molecule has 17 heavy (non-hydrogen) atoms. The third kappa shape index (κ3) is 2.23. The van der Waals surface area contributed by atoms with Crippen LogP contribution < -0.4 is 16.6 Å². The second-order valence-corrected chi connectivity index (χ2v) is 3.84. The van der Waals surface area contributed by atoms with Crippen molar-refractivity contribution >= 4 is 23.1 Å². The number of anilines is 2. The molecule has 2 aromatic heterocycles. The van der Waals surface area contributed by atoms with Crippen molar-refractivity contribution in [2.75, 3.05) is 11.1 Å². The molecule has 0 atom stereocenters. The van der Waals surface area contributed by atoms with Crippen molar-refractivity contribution in [2.45, 2.75) is 6.54 Å². The highest BCUT2D eigenvalue weighted by Gasteiger charge is 2.08. The number of aromatic nitrogens is 4. The van der Waals surface area contributed by atoms with Crippen LogP contribution in [-0.2, 0) is 13.6 Å². The molecular formula is C9H11ClN6O. The molecule has 7 nitrogen and oxygen atoms in total. The number of H-pyrrole nitrogens is 1. The fourth-order valence-electron chi connectivity index (χ4n) is 1.29. The van der Waals surface area contributed by atoms with Gasteiger partial charge in [-0.25, -0.2) is 4.68 Å². The van der Waals surface area contributed by atoms with Crippen LogP contribution in [0.25, 0.3) is 0 Å². The minimum atomic E-state index is -0.350. The second kappa shape index (κ2) is 4.46. The van der Waals surface area contributed by atoms with Crippen molar-refractivity contribution in [2.24, 2.45) is 7.05 Å². The van der Waals surface area contributed by atoms with Crippen LogP contribution in [0.3, 0.4) is 0 Å². The van der Waals surface area contributed by atoms with E-state index in [-0.39, 0.29) is 10.6 Å². The molecule has 8 heteroatoms. The standard InChI is InChI=1S/C9H11ClN6O/c1-16-9(17)7(10)6(4-14-16)12-2-5-3-13-15-8(5)11/h3-4,12H,2H2,1H3,(H3,11,13,15). The van der Waals surface area contributed by atoms with E-state index in [0.29, 0.717) is 18.1 Å². The maximum atomic E-state index is 11.5. The zero-order valence-electron chi connectivity index (χ0n) is 9.07. The quantitative estimate of drug-likeness (QED) is 0.734. The number of nitrogen functional groups attached to an aromatic ring is 1. The molecule has 0 amide bonds. The van der Waals surface area contributed by atoms with Gasteiger partial charge in [0.25, 0.3) is 5.56 Å². The van der Waals surface area contributed by atoms with Gasteiger partial charge in [-0.05, 0) is 0 Å². The molecule has 0 saturated heterocycles. The summed E-state index contributed by atoms with van der Waals surface area (Å²) in [5.74, 6) is 0.477. The Balaban J connectivity index is 2.18. The SMILES string of the molecule is Cn1ncc(NCc2cn[nH]c2N)c(Cl)c1=O. The lowest BCUT2D eigenvalue weighted by atomic mass is 10.3. The van der Waals surface area contributed by atoms with E-state index in [2.05, 4.69) is 20.6 Å². The summed E-state index contributed by atoms with van der Waals surface area (Å²) in [6.45, 7) is 0.414. The molecule has 0 unspecified atom stereocenters. The first-order chi connectivity index (χ1) is 8.09. The van der Waals surface area contributed by atoms with Gasteiger partial charge in [-0.15, -0.1) is 0 Å². The summed E-state index contributed by atoms with van der Waals surface area (Å²) in [5, 5.41) is 13.3. The van der Waals surface area contributed by atoms with Crippen molar-refractivity contribution in [3.05, 3.63) is 33.3 Å². The van der Waals surface area contributed by atoms with E-state index in [0.717, 1.165) is 5.56 Å². The van der Waals surface area contributed by atoms with Crippen molar-refractivity contribution in [3.63, 3.8) is 0 Å². The van der Waals surface area contributed by atoms with Gasteiger partial charge in [0.15, 0.2) is 0 Å². The number of aromatic amines is 1. The van der Waals surface area contributed by atoms with Crippen molar-refractivity contribution in [1.82, 2.24) is 20.0 Å². The number of rotatable bonds is 3. The number of hydrogen-bond donors (Lipinski definition) is 3. The van der Waals surface area contributed by atoms with Gasteiger partial charge in [0.2, 0.25) is 0 Å². The van der Waals surface area contributed by atoms with Gasteiger partial charge in [-0.3, -0.25) is 9.89 Å². The van der Waals surface area contributed by atoms with Crippen LogP contribution >= 0.6 is 11.6 Å². The number of nitrogens with zero attached hydrogens (tertiary/aromatic N) is 3. The zero-order valence-corrected chi connectivity index (χ0v) is 9.82. The highest BCUT2D eigenvalue weighted by Crippen LogP contribution is 2.17. The van der Waals surface area contributed by atoms with E-state index >= 15 is 0 Å². The summed E-state index contributed by atoms with van der Waals surface area (Å²) in [5.41, 5.74) is 6.54. The monoisotopic (exact) mass is 254 g/mol. The Morgan fingerprint density at radius 3 is 3.00 bits per heavy atom. The second-order valence-electron chi connectivity index (χ2n) is 3.46. The number of hydrogen-bond acceptors (Lipinski definition) is 5. The predicted octanol–water partition coefficient (Wildman–Crippen LogP) is 0.351. The molecule has 0 fully saturated rings. The van der Waals surface area contributed by atoms with E-state index in [1.807, 2.05) is 0 Å². The summed E-state index contributed by atoms with van der Waals surface area (Å²) in [7, 11) is 1.53. The maximum absolute atomic E-state index is 11.5. The van der Waals surface area contributed by atoms with Crippen molar-refractivity contribution in [1.29, 1.82) is 0 Å². The largest absolute Gasteiger partial charge is 0.384 e. The van der Waals surface area contributed by atoms with E-state index < -0.39 is 0 Å². The molecule has 0 aliphatic rings. The van der Waals surface area contributed by atoms with Crippen LogP contribution in [0.2, 0.25) is 5.02 Å². The summed E-state index contributed by atoms with van der Waals surface area (Å²) in [6, 6.07) is 0. The lowest BCUT2D eigenvalue weighted by molar-refractivity contribution is 0.708. The van der Waals surface area contributed by atoms with Crippen LogP contribution in [-0.4, -0.2) is 20.0 Å². The van der Waals surface area contributed by atoms with Gasteiger partial charge in [-0.1, -0.05) is 11.6 Å². The molecule has 0 radical (unpaired) electrons. The molecule has 0 spiro atoms. The molecule has 0 aliphatic heterocycles. The van der Waals surface area contributed by atoms with Crippen molar-refractivity contribution < 1.29 is 0 Å². The zero-order chi connectivity index (χ0) is 12.4. The van der Waals surface area contributed by atoms with Crippen LogP contribution in [0.4, 0.5) is 11.5 Å². The molecular weight excluding hydrogens is 244 g/mol. The molecule has 0 aliphatic carbocycles. The number of nitrogens with two attached hydrogens (primary N) is 1. The van der Waals surface area contributed by atoms with Crippen LogP contribution in [0.15, 0.2) is 17.2 Å². The summed E-state index contributed by atoms with van der Waals surface area (Å²) in [6.07, 6.45) is 3.09. The highest BCUT2D eigenvalue weighted by atomic mass is 35.5. The Bertz CT molecular complexity index is 589. The first-order valence-electron chi connectivity index (χ1n) is 4.83. The normalized spacial score (nSPS) is 10.5. The minimum Gasteiger partial charge on any atom is -0.384 e. The average Bonchev–Trinajstić information content (AvgIpc) is 2.71. The minimum absolute atomic E-state index is 0.101. The number of aryl methyl sites for hydroxylation is 1. The molecule has 90 valence electrons. The van der Waals surface area contributed by atoms with Crippen molar-refractivity contribution in [3.8, 4) is 0 Å². The lowest BCUT2D eigenvalue weighted by Gasteiger charge is -2.07. The summed E-state index contributed by atoms with van der Waals surface area (Å²) in [4.78, 5) is 11.5. The molecule has 0 bridgehead atoms. The smallest absolute Gasteiger partial charge is 0.287 e. The van der Waals surface area contributed by atoms with Gasteiger partial charge in [-0.2, -0.15) is 10.2 Å². The average molecular weight is 255 g/mol.